The van der Waals surface area contributed by atoms with Crippen LogP contribution in [0.25, 0.3) is 0 Å². The number of nitrogens with one attached hydrogen (secondary N) is 1. The van der Waals surface area contributed by atoms with Gasteiger partial charge in [0.25, 0.3) is 0 Å². The van der Waals surface area contributed by atoms with Crippen molar-refractivity contribution in [1.82, 2.24) is 10.2 Å². The molecule has 5 heteroatoms. The molecule has 1 aromatic carbocycles. The Morgan fingerprint density at radius 1 is 1.45 bits per heavy atom. The largest absolute Gasteiger partial charge is 0.491 e. The zero-order valence-corrected chi connectivity index (χ0v) is 12.1. The molecule has 1 aliphatic heterocycles. The number of piperazine rings is 1. The van der Waals surface area contributed by atoms with Crippen LogP contribution in [0, 0.1) is 13.8 Å². The number of β-amino-alcohol motifs (C(OH)–C–C–N with tert-alkyl or cyclic N) is 1. The summed E-state index contributed by atoms with van der Waals surface area (Å²) in [7, 11) is 0. The van der Waals surface area contributed by atoms with Gasteiger partial charge < -0.3 is 15.2 Å². The number of amides is 1. The van der Waals surface area contributed by atoms with Gasteiger partial charge in [-0.3, -0.25) is 9.69 Å². The molecule has 5 nitrogen and oxygen atoms in total. The summed E-state index contributed by atoms with van der Waals surface area (Å²) in [5, 5.41) is 12.8. The van der Waals surface area contributed by atoms with E-state index in [1.807, 2.05) is 30.9 Å². The first-order valence-corrected chi connectivity index (χ1v) is 6.92. The molecule has 0 aliphatic carbocycles. The number of hydrogen-bond acceptors (Lipinski definition) is 4. The molecule has 1 fully saturated rings. The molecule has 0 bridgehead atoms. The van der Waals surface area contributed by atoms with E-state index in [0.717, 1.165) is 17.9 Å². The highest BCUT2D eigenvalue weighted by Crippen LogP contribution is 2.18. The number of nitrogens with zero attached hydrogens (tertiary/aromatic N) is 1. The van der Waals surface area contributed by atoms with Gasteiger partial charge in [-0.05, 0) is 25.5 Å². The van der Waals surface area contributed by atoms with Crippen molar-refractivity contribution < 1.29 is 14.6 Å². The van der Waals surface area contributed by atoms with Gasteiger partial charge in [-0.2, -0.15) is 0 Å². The van der Waals surface area contributed by atoms with Crippen molar-refractivity contribution in [3.8, 4) is 5.75 Å². The Kier molecular flexibility index (Phi) is 4.98. The molecule has 1 aromatic rings. The first-order valence-electron chi connectivity index (χ1n) is 6.92. The summed E-state index contributed by atoms with van der Waals surface area (Å²) in [6, 6.07) is 5.96. The second-order valence-electron chi connectivity index (χ2n) is 5.32. The number of carbonyl (C=O) groups excluding carboxylic acids is 1. The lowest BCUT2D eigenvalue weighted by Crippen LogP contribution is -2.50. The fourth-order valence-corrected chi connectivity index (χ4v) is 2.35. The highest BCUT2D eigenvalue weighted by atomic mass is 16.5. The number of ether oxygens (including phenoxy) is 1. The Labute approximate surface area is 119 Å². The molecule has 1 unspecified atom stereocenters. The van der Waals surface area contributed by atoms with Crippen molar-refractivity contribution in [2.24, 2.45) is 0 Å². The number of rotatable bonds is 5. The number of aliphatic hydroxyl groups excluding tert-OH is 1. The predicted octanol–water partition coefficient (Wildman–Crippen LogP) is 0.475. The van der Waals surface area contributed by atoms with Gasteiger partial charge in [-0.15, -0.1) is 0 Å². The average Bonchev–Trinajstić information content (AvgIpc) is 2.37. The standard InChI is InChI=1S/C15H22N2O3/c1-11-3-4-14(12(2)7-11)20-10-13(18)8-17-6-5-16-15(19)9-17/h3-4,7,13,18H,5-6,8-10H2,1-2H3,(H,16,19). The van der Waals surface area contributed by atoms with Gasteiger partial charge in [0.15, 0.2) is 0 Å². The Bertz CT molecular complexity index is 476. The van der Waals surface area contributed by atoms with Crippen LogP contribution in [-0.2, 0) is 4.79 Å². The fourth-order valence-electron chi connectivity index (χ4n) is 2.35. The molecule has 1 atom stereocenters. The molecular weight excluding hydrogens is 256 g/mol. The lowest BCUT2D eigenvalue weighted by atomic mass is 10.1. The molecule has 1 saturated heterocycles. The van der Waals surface area contributed by atoms with Crippen molar-refractivity contribution in [3.05, 3.63) is 29.3 Å². The average molecular weight is 278 g/mol. The summed E-state index contributed by atoms with van der Waals surface area (Å²) >= 11 is 0. The maximum Gasteiger partial charge on any atom is 0.234 e. The molecule has 1 aliphatic rings. The zero-order chi connectivity index (χ0) is 14.5. The number of aliphatic hydroxyl groups is 1. The van der Waals surface area contributed by atoms with Crippen molar-refractivity contribution in [1.29, 1.82) is 0 Å². The third kappa shape index (κ3) is 4.21. The molecule has 0 radical (unpaired) electrons. The van der Waals surface area contributed by atoms with Crippen LogP contribution in [0.4, 0.5) is 0 Å². The molecule has 2 N–H and O–H groups in total. The minimum atomic E-state index is -0.596. The highest BCUT2D eigenvalue weighted by molar-refractivity contribution is 5.78. The minimum absolute atomic E-state index is 0.0127. The Morgan fingerprint density at radius 2 is 2.25 bits per heavy atom. The SMILES string of the molecule is Cc1ccc(OCC(O)CN2CCNC(=O)C2)c(C)c1. The molecule has 0 aromatic heterocycles. The van der Waals surface area contributed by atoms with E-state index in [4.69, 9.17) is 4.74 Å². The van der Waals surface area contributed by atoms with E-state index in [1.54, 1.807) is 0 Å². The summed E-state index contributed by atoms with van der Waals surface area (Å²) in [5.74, 6) is 0.810. The second-order valence-corrected chi connectivity index (χ2v) is 5.32. The van der Waals surface area contributed by atoms with Crippen LogP contribution in [0.5, 0.6) is 5.75 Å². The number of benzene rings is 1. The van der Waals surface area contributed by atoms with Crippen LogP contribution in [0.3, 0.4) is 0 Å². The minimum Gasteiger partial charge on any atom is -0.491 e. The lowest BCUT2D eigenvalue weighted by Gasteiger charge is -2.28. The Morgan fingerprint density at radius 3 is 2.95 bits per heavy atom. The monoisotopic (exact) mass is 278 g/mol. The van der Waals surface area contributed by atoms with Gasteiger partial charge >= 0.3 is 0 Å². The Hall–Kier alpha value is -1.59. The molecule has 2 rings (SSSR count). The number of aryl methyl sites for hydroxylation is 2. The summed E-state index contributed by atoms with van der Waals surface area (Å²) < 4.78 is 5.64. The summed E-state index contributed by atoms with van der Waals surface area (Å²) in [5.41, 5.74) is 2.25. The predicted molar refractivity (Wildman–Crippen MR) is 76.9 cm³/mol. The zero-order valence-electron chi connectivity index (χ0n) is 12.1. The molecule has 0 saturated carbocycles. The summed E-state index contributed by atoms with van der Waals surface area (Å²) in [4.78, 5) is 13.2. The van der Waals surface area contributed by atoms with Crippen LogP contribution < -0.4 is 10.1 Å². The summed E-state index contributed by atoms with van der Waals surface area (Å²) in [6.45, 7) is 6.48. The third-order valence-corrected chi connectivity index (χ3v) is 3.35. The maximum absolute atomic E-state index is 11.2. The molecule has 1 amide bonds. The van der Waals surface area contributed by atoms with Crippen LogP contribution in [0.1, 0.15) is 11.1 Å². The first-order chi connectivity index (χ1) is 9.54. The van der Waals surface area contributed by atoms with E-state index in [-0.39, 0.29) is 12.5 Å². The van der Waals surface area contributed by atoms with Crippen LogP contribution >= 0.6 is 0 Å². The van der Waals surface area contributed by atoms with Crippen molar-refractivity contribution >= 4 is 5.91 Å². The van der Waals surface area contributed by atoms with Crippen LogP contribution in [0.2, 0.25) is 0 Å². The lowest BCUT2D eigenvalue weighted by molar-refractivity contribution is -0.124. The van der Waals surface area contributed by atoms with E-state index in [1.165, 1.54) is 5.56 Å². The summed E-state index contributed by atoms with van der Waals surface area (Å²) in [6.07, 6.45) is -0.596. The maximum atomic E-state index is 11.2. The Balaban J connectivity index is 1.79. The molecule has 1 heterocycles. The van der Waals surface area contributed by atoms with E-state index in [9.17, 15) is 9.90 Å². The molecule has 110 valence electrons. The molecular formula is C15H22N2O3. The first kappa shape index (κ1) is 14.8. The van der Waals surface area contributed by atoms with E-state index in [0.29, 0.717) is 19.6 Å². The normalized spacial score (nSPS) is 17.6. The fraction of sp³-hybridized carbons (Fsp3) is 0.533. The van der Waals surface area contributed by atoms with Gasteiger partial charge in [0, 0.05) is 19.6 Å². The highest BCUT2D eigenvalue weighted by Gasteiger charge is 2.19. The quantitative estimate of drug-likeness (QED) is 0.822. The van der Waals surface area contributed by atoms with Gasteiger partial charge in [0.2, 0.25) is 5.91 Å². The number of hydrogen-bond donors (Lipinski definition) is 2. The van der Waals surface area contributed by atoms with E-state index in [2.05, 4.69) is 11.4 Å². The third-order valence-electron chi connectivity index (χ3n) is 3.35. The van der Waals surface area contributed by atoms with E-state index < -0.39 is 6.10 Å². The number of carbonyl (C=O) groups is 1. The molecule has 20 heavy (non-hydrogen) atoms. The van der Waals surface area contributed by atoms with Gasteiger partial charge in [0.1, 0.15) is 18.5 Å². The van der Waals surface area contributed by atoms with Gasteiger partial charge in [-0.1, -0.05) is 17.7 Å². The van der Waals surface area contributed by atoms with Crippen LogP contribution in [-0.4, -0.2) is 54.8 Å². The van der Waals surface area contributed by atoms with Gasteiger partial charge in [-0.25, -0.2) is 0 Å². The second kappa shape index (κ2) is 6.72. The van der Waals surface area contributed by atoms with Crippen molar-refractivity contribution in [2.45, 2.75) is 20.0 Å². The van der Waals surface area contributed by atoms with Gasteiger partial charge in [0.05, 0.1) is 6.54 Å². The van der Waals surface area contributed by atoms with E-state index >= 15 is 0 Å². The topological polar surface area (TPSA) is 61.8 Å². The van der Waals surface area contributed by atoms with Crippen molar-refractivity contribution in [3.63, 3.8) is 0 Å². The van der Waals surface area contributed by atoms with Crippen LogP contribution in [0.15, 0.2) is 18.2 Å². The molecule has 0 spiro atoms. The smallest absolute Gasteiger partial charge is 0.234 e. The van der Waals surface area contributed by atoms with Crippen molar-refractivity contribution in [2.75, 3.05) is 32.8 Å².